The molecule has 0 saturated carbocycles. The Hall–Kier alpha value is -2.24. The van der Waals surface area contributed by atoms with Crippen LogP contribution in [0.4, 0.5) is 4.79 Å². The van der Waals surface area contributed by atoms with Gasteiger partial charge in [0.1, 0.15) is 17.1 Å². The van der Waals surface area contributed by atoms with Gasteiger partial charge in [0.2, 0.25) is 0 Å². The van der Waals surface area contributed by atoms with E-state index in [1.54, 1.807) is 5.32 Å². The summed E-state index contributed by atoms with van der Waals surface area (Å²) < 4.78 is 0. The van der Waals surface area contributed by atoms with Crippen molar-refractivity contribution in [3.63, 3.8) is 0 Å². The normalized spacial score (nSPS) is 9.43. The lowest BCUT2D eigenvalue weighted by Crippen LogP contribution is -2.34. The van der Waals surface area contributed by atoms with Crippen molar-refractivity contribution < 1.29 is 19.8 Å². The summed E-state index contributed by atoms with van der Waals surface area (Å²) in [6.45, 7) is 0. The smallest absolute Gasteiger partial charge is 0.319 e. The van der Waals surface area contributed by atoms with Gasteiger partial charge in [-0.05, 0) is 12.1 Å². The first kappa shape index (κ1) is 9.85. The molecule has 0 radical (unpaired) electrons. The summed E-state index contributed by atoms with van der Waals surface area (Å²) in [6.07, 6.45) is 0. The van der Waals surface area contributed by atoms with Gasteiger partial charge in [0, 0.05) is 0 Å². The maximum absolute atomic E-state index is 11.2. The maximum atomic E-state index is 11.2. The number of carbonyl (C=O) groups is 2. The third-order valence-electron chi connectivity index (χ3n) is 1.48. The Morgan fingerprint density at radius 2 is 1.71 bits per heavy atom. The molecule has 1 aromatic carbocycles. The fraction of sp³-hybridized carbons (Fsp3) is 0. The predicted octanol–water partition coefficient (Wildman–Crippen LogP) is -0.0937. The number of benzene rings is 1. The number of phenols is 2. The highest BCUT2D eigenvalue weighted by atomic mass is 16.3. The molecule has 0 fully saturated rings. The predicted molar refractivity (Wildman–Crippen MR) is 46.8 cm³/mol. The van der Waals surface area contributed by atoms with Gasteiger partial charge in [-0.3, -0.25) is 10.1 Å². The number of primary amides is 1. The van der Waals surface area contributed by atoms with E-state index in [1.165, 1.54) is 18.2 Å². The second-order valence-electron chi connectivity index (χ2n) is 2.49. The topological polar surface area (TPSA) is 113 Å². The molecule has 3 amide bonds. The van der Waals surface area contributed by atoms with Crippen LogP contribution in [0.25, 0.3) is 0 Å². The monoisotopic (exact) mass is 196 g/mol. The molecule has 0 aliphatic carbocycles. The van der Waals surface area contributed by atoms with Crippen LogP contribution in [0, 0.1) is 0 Å². The van der Waals surface area contributed by atoms with Crippen LogP contribution in [-0.2, 0) is 0 Å². The summed E-state index contributed by atoms with van der Waals surface area (Å²) in [5.41, 5.74) is 4.31. The van der Waals surface area contributed by atoms with Gasteiger partial charge in [0.05, 0.1) is 0 Å². The minimum Gasteiger partial charge on any atom is -0.507 e. The van der Waals surface area contributed by atoms with Crippen LogP contribution < -0.4 is 11.1 Å². The highest BCUT2D eigenvalue weighted by Gasteiger charge is 2.16. The summed E-state index contributed by atoms with van der Waals surface area (Å²) in [5.74, 6) is -1.80. The fourth-order valence-corrected chi connectivity index (χ4v) is 0.935. The lowest BCUT2D eigenvalue weighted by Gasteiger charge is -2.05. The SMILES string of the molecule is NC(=O)NC(=O)c1c(O)cccc1O. The number of phenolic OH excluding ortho intramolecular Hbond substituents is 2. The van der Waals surface area contributed by atoms with E-state index in [1.807, 2.05) is 0 Å². The molecule has 1 rings (SSSR count). The highest BCUT2D eigenvalue weighted by molar-refractivity contribution is 6.07. The molecule has 0 atom stereocenters. The van der Waals surface area contributed by atoms with Crippen LogP contribution >= 0.6 is 0 Å². The van der Waals surface area contributed by atoms with E-state index in [-0.39, 0.29) is 5.56 Å². The Morgan fingerprint density at radius 1 is 1.21 bits per heavy atom. The first-order valence-corrected chi connectivity index (χ1v) is 3.64. The van der Waals surface area contributed by atoms with Gasteiger partial charge in [-0.25, -0.2) is 4.79 Å². The van der Waals surface area contributed by atoms with Gasteiger partial charge < -0.3 is 15.9 Å². The van der Waals surface area contributed by atoms with Gasteiger partial charge in [0.25, 0.3) is 5.91 Å². The van der Waals surface area contributed by atoms with E-state index < -0.39 is 23.4 Å². The van der Waals surface area contributed by atoms with Crippen molar-refractivity contribution in [3.8, 4) is 11.5 Å². The average molecular weight is 196 g/mol. The highest BCUT2D eigenvalue weighted by Crippen LogP contribution is 2.25. The number of aromatic hydroxyl groups is 2. The lowest BCUT2D eigenvalue weighted by atomic mass is 10.1. The molecular formula is C8H8N2O4. The van der Waals surface area contributed by atoms with Gasteiger partial charge in [-0.15, -0.1) is 0 Å². The molecule has 0 heterocycles. The van der Waals surface area contributed by atoms with Crippen molar-refractivity contribution in [3.05, 3.63) is 23.8 Å². The minimum absolute atomic E-state index is 0.383. The van der Waals surface area contributed by atoms with Crippen molar-refractivity contribution >= 4 is 11.9 Å². The minimum atomic E-state index is -1.06. The molecule has 74 valence electrons. The average Bonchev–Trinajstić information content (AvgIpc) is 2.01. The van der Waals surface area contributed by atoms with Crippen molar-refractivity contribution in [1.29, 1.82) is 0 Å². The molecule has 0 unspecified atom stereocenters. The molecule has 0 saturated heterocycles. The number of hydrogen-bond donors (Lipinski definition) is 4. The van der Waals surface area contributed by atoms with Crippen LogP contribution in [0.2, 0.25) is 0 Å². The number of amides is 3. The first-order valence-electron chi connectivity index (χ1n) is 3.64. The van der Waals surface area contributed by atoms with E-state index in [4.69, 9.17) is 5.73 Å². The molecule has 1 aromatic rings. The summed E-state index contributed by atoms with van der Waals surface area (Å²) >= 11 is 0. The number of urea groups is 1. The number of rotatable bonds is 1. The number of nitrogens with one attached hydrogen (secondary N) is 1. The summed E-state index contributed by atoms with van der Waals surface area (Å²) in [6, 6.07) is 2.70. The maximum Gasteiger partial charge on any atom is 0.319 e. The van der Waals surface area contributed by atoms with Crippen LogP contribution in [0.15, 0.2) is 18.2 Å². The summed E-state index contributed by atoms with van der Waals surface area (Å²) in [5, 5.41) is 20.1. The third-order valence-corrected chi connectivity index (χ3v) is 1.48. The number of hydrogen-bond acceptors (Lipinski definition) is 4. The molecule has 6 nitrogen and oxygen atoms in total. The van der Waals surface area contributed by atoms with Crippen LogP contribution in [0.5, 0.6) is 11.5 Å². The van der Waals surface area contributed by atoms with E-state index in [9.17, 15) is 19.8 Å². The molecular weight excluding hydrogens is 188 g/mol. The molecule has 0 spiro atoms. The summed E-state index contributed by atoms with van der Waals surface area (Å²) in [4.78, 5) is 21.5. The van der Waals surface area contributed by atoms with Gasteiger partial charge >= 0.3 is 6.03 Å². The van der Waals surface area contributed by atoms with Crippen molar-refractivity contribution in [2.24, 2.45) is 5.73 Å². The van der Waals surface area contributed by atoms with E-state index in [2.05, 4.69) is 0 Å². The van der Waals surface area contributed by atoms with E-state index in [0.29, 0.717) is 0 Å². The zero-order valence-corrected chi connectivity index (χ0v) is 7.02. The largest absolute Gasteiger partial charge is 0.507 e. The molecule has 0 aliphatic rings. The number of imide groups is 1. The van der Waals surface area contributed by atoms with Gasteiger partial charge in [-0.2, -0.15) is 0 Å². The Balaban J connectivity index is 3.06. The quantitative estimate of drug-likeness (QED) is 0.502. The molecule has 0 aromatic heterocycles. The molecule has 14 heavy (non-hydrogen) atoms. The molecule has 6 heteroatoms. The Labute approximate surface area is 79.0 Å². The van der Waals surface area contributed by atoms with Crippen LogP contribution in [0.3, 0.4) is 0 Å². The number of carbonyl (C=O) groups excluding carboxylic acids is 2. The number of nitrogens with two attached hydrogens (primary N) is 1. The third kappa shape index (κ3) is 1.92. The molecule has 0 aliphatic heterocycles. The first-order chi connectivity index (χ1) is 6.52. The second kappa shape index (κ2) is 3.65. The van der Waals surface area contributed by atoms with Crippen LogP contribution in [0.1, 0.15) is 10.4 Å². The van der Waals surface area contributed by atoms with Crippen molar-refractivity contribution in [2.45, 2.75) is 0 Å². The zero-order chi connectivity index (χ0) is 10.7. The van der Waals surface area contributed by atoms with Crippen molar-refractivity contribution in [2.75, 3.05) is 0 Å². The van der Waals surface area contributed by atoms with E-state index >= 15 is 0 Å². The van der Waals surface area contributed by atoms with Crippen molar-refractivity contribution in [1.82, 2.24) is 5.32 Å². The van der Waals surface area contributed by atoms with E-state index in [0.717, 1.165) is 0 Å². The Bertz CT molecular complexity index is 369. The Kier molecular flexibility index (Phi) is 2.57. The zero-order valence-electron chi connectivity index (χ0n) is 7.02. The molecule has 5 N–H and O–H groups in total. The van der Waals surface area contributed by atoms with Crippen LogP contribution in [-0.4, -0.2) is 22.2 Å². The second-order valence-corrected chi connectivity index (χ2v) is 2.49. The van der Waals surface area contributed by atoms with Gasteiger partial charge in [-0.1, -0.05) is 6.07 Å². The fourth-order valence-electron chi connectivity index (χ4n) is 0.935. The Morgan fingerprint density at radius 3 is 2.14 bits per heavy atom. The lowest BCUT2D eigenvalue weighted by molar-refractivity contribution is 0.0961. The summed E-state index contributed by atoms with van der Waals surface area (Å²) in [7, 11) is 0. The standard InChI is InChI=1S/C8H8N2O4/c9-8(14)10-7(13)6-4(11)2-1-3-5(6)12/h1-3,11-12H,(H3,9,10,13,14). The molecule has 0 bridgehead atoms. The van der Waals surface area contributed by atoms with Gasteiger partial charge in [0.15, 0.2) is 0 Å².